The molecule has 1 fully saturated rings. The van der Waals surface area contributed by atoms with E-state index in [2.05, 4.69) is 40.6 Å². The molecule has 2 rings (SSSR count). The molecule has 1 saturated heterocycles. The highest BCUT2D eigenvalue weighted by molar-refractivity contribution is 7.98. The molecule has 1 aromatic rings. The molecule has 0 aromatic carbocycles. The van der Waals surface area contributed by atoms with Crippen LogP contribution in [0.1, 0.15) is 30.6 Å². The molecule has 1 aliphatic rings. The Bertz CT molecular complexity index is 357. The summed E-state index contributed by atoms with van der Waals surface area (Å²) in [7, 11) is 2.10. The van der Waals surface area contributed by atoms with Gasteiger partial charge in [-0.1, -0.05) is 12.1 Å². The van der Waals surface area contributed by atoms with E-state index in [1.165, 1.54) is 0 Å². The molecule has 0 spiro atoms. The van der Waals surface area contributed by atoms with Crippen LogP contribution in [0.25, 0.3) is 0 Å². The molecule has 2 heterocycles. The van der Waals surface area contributed by atoms with Gasteiger partial charge in [0.15, 0.2) is 5.82 Å². The van der Waals surface area contributed by atoms with Gasteiger partial charge in [-0.25, -0.2) is 0 Å². The van der Waals surface area contributed by atoms with Crippen LogP contribution in [0.15, 0.2) is 4.52 Å². The van der Waals surface area contributed by atoms with E-state index in [1.807, 2.05) is 0 Å². The topological polar surface area (TPSA) is 54.2 Å². The monoisotopic (exact) mass is 256 g/mol. The number of thioether (sulfide) groups is 1. The molecular formula is C11H20N4OS. The van der Waals surface area contributed by atoms with Crippen molar-refractivity contribution < 1.29 is 4.52 Å². The second-order valence-electron chi connectivity index (χ2n) is 4.55. The zero-order chi connectivity index (χ0) is 12.3. The summed E-state index contributed by atoms with van der Waals surface area (Å²) in [5, 5.41) is 7.48. The molecule has 1 aromatic heterocycles. The van der Waals surface area contributed by atoms with E-state index < -0.39 is 0 Å². The van der Waals surface area contributed by atoms with Crippen molar-refractivity contribution in [2.45, 2.75) is 18.9 Å². The van der Waals surface area contributed by atoms with Crippen molar-refractivity contribution >= 4 is 11.8 Å². The second-order valence-corrected chi connectivity index (χ2v) is 5.46. The third kappa shape index (κ3) is 3.00. The van der Waals surface area contributed by atoms with Gasteiger partial charge in [-0.3, -0.25) is 4.90 Å². The predicted molar refractivity (Wildman–Crippen MR) is 69.3 cm³/mol. The molecule has 0 saturated carbocycles. The van der Waals surface area contributed by atoms with Crippen LogP contribution in [-0.2, 0) is 0 Å². The largest absolute Gasteiger partial charge is 0.339 e. The van der Waals surface area contributed by atoms with Crippen molar-refractivity contribution in [3.05, 3.63) is 11.7 Å². The maximum Gasteiger partial charge on any atom is 0.230 e. The van der Waals surface area contributed by atoms with Crippen LogP contribution in [0.4, 0.5) is 0 Å². The van der Waals surface area contributed by atoms with Gasteiger partial charge in [-0.15, -0.1) is 0 Å². The number of likely N-dealkylation sites (N-methyl/N-ethyl adjacent to an activating group) is 1. The van der Waals surface area contributed by atoms with Crippen LogP contribution in [0.5, 0.6) is 0 Å². The van der Waals surface area contributed by atoms with Gasteiger partial charge in [0.2, 0.25) is 5.89 Å². The summed E-state index contributed by atoms with van der Waals surface area (Å²) in [5.41, 5.74) is 0. The lowest BCUT2D eigenvalue weighted by molar-refractivity contribution is 0.190. The first-order valence-electron chi connectivity index (χ1n) is 5.95. The fraction of sp³-hybridized carbons (Fsp3) is 0.818. The molecule has 1 aliphatic heterocycles. The van der Waals surface area contributed by atoms with Gasteiger partial charge in [0.05, 0.1) is 6.04 Å². The Morgan fingerprint density at radius 3 is 3.18 bits per heavy atom. The summed E-state index contributed by atoms with van der Waals surface area (Å²) >= 11 is 1.80. The SMILES string of the molecule is CSCC(C)c1nc(C2CNCCN2C)no1. The standard InChI is InChI=1S/C11H20N4OS/c1-8(7-17-3)11-13-10(14-16-11)9-6-12-4-5-15(9)2/h8-9,12H,4-7H2,1-3H3. The number of hydrogen-bond donors (Lipinski definition) is 1. The molecule has 0 radical (unpaired) electrons. The molecule has 2 unspecified atom stereocenters. The van der Waals surface area contributed by atoms with Crippen molar-refractivity contribution in [3.8, 4) is 0 Å². The molecule has 5 nitrogen and oxygen atoms in total. The van der Waals surface area contributed by atoms with Crippen LogP contribution >= 0.6 is 11.8 Å². The van der Waals surface area contributed by atoms with Crippen LogP contribution < -0.4 is 5.32 Å². The van der Waals surface area contributed by atoms with E-state index in [1.54, 1.807) is 11.8 Å². The summed E-state index contributed by atoms with van der Waals surface area (Å²) in [6.45, 7) is 5.07. The zero-order valence-corrected chi connectivity index (χ0v) is 11.5. The minimum atomic E-state index is 0.239. The summed E-state index contributed by atoms with van der Waals surface area (Å²) in [6, 6.07) is 0.239. The smallest absolute Gasteiger partial charge is 0.230 e. The van der Waals surface area contributed by atoms with E-state index in [9.17, 15) is 0 Å². The van der Waals surface area contributed by atoms with Crippen molar-refractivity contribution in [3.63, 3.8) is 0 Å². The normalized spacial score (nSPS) is 23.8. The number of piperazine rings is 1. The number of aromatic nitrogens is 2. The fourth-order valence-electron chi connectivity index (χ4n) is 2.00. The van der Waals surface area contributed by atoms with Gasteiger partial charge in [0.25, 0.3) is 0 Å². The highest BCUT2D eigenvalue weighted by Crippen LogP contribution is 2.22. The molecule has 17 heavy (non-hydrogen) atoms. The van der Waals surface area contributed by atoms with Crippen LogP contribution in [0, 0.1) is 0 Å². The molecule has 6 heteroatoms. The van der Waals surface area contributed by atoms with Crippen molar-refractivity contribution in [2.75, 3.05) is 38.7 Å². The van der Waals surface area contributed by atoms with Crippen LogP contribution in [0.2, 0.25) is 0 Å². The molecule has 0 amide bonds. The molecule has 2 atom stereocenters. The Morgan fingerprint density at radius 2 is 2.47 bits per heavy atom. The second kappa shape index (κ2) is 5.84. The lowest BCUT2D eigenvalue weighted by atomic mass is 10.2. The summed E-state index contributed by atoms with van der Waals surface area (Å²) < 4.78 is 5.35. The van der Waals surface area contributed by atoms with E-state index in [0.717, 1.165) is 37.1 Å². The number of nitrogens with zero attached hydrogens (tertiary/aromatic N) is 3. The highest BCUT2D eigenvalue weighted by Gasteiger charge is 2.26. The van der Waals surface area contributed by atoms with E-state index in [0.29, 0.717) is 5.92 Å². The Labute approximate surface area is 106 Å². The lowest BCUT2D eigenvalue weighted by Crippen LogP contribution is -2.44. The van der Waals surface area contributed by atoms with Crippen LogP contribution in [0.3, 0.4) is 0 Å². The maximum atomic E-state index is 5.35. The Morgan fingerprint density at radius 1 is 1.65 bits per heavy atom. The van der Waals surface area contributed by atoms with Gasteiger partial charge in [0.1, 0.15) is 0 Å². The highest BCUT2D eigenvalue weighted by atomic mass is 32.2. The number of rotatable bonds is 4. The molecule has 0 aliphatic carbocycles. The van der Waals surface area contributed by atoms with Crippen molar-refractivity contribution in [2.24, 2.45) is 0 Å². The van der Waals surface area contributed by atoms with Gasteiger partial charge in [0, 0.05) is 31.3 Å². The Hall–Kier alpha value is -0.590. The van der Waals surface area contributed by atoms with Crippen LogP contribution in [-0.4, -0.2) is 53.7 Å². The first-order chi connectivity index (χ1) is 8.22. The fourth-order valence-corrected chi connectivity index (χ4v) is 2.64. The first-order valence-corrected chi connectivity index (χ1v) is 7.35. The van der Waals surface area contributed by atoms with E-state index in [-0.39, 0.29) is 6.04 Å². The Balaban J connectivity index is 2.06. The van der Waals surface area contributed by atoms with Crippen molar-refractivity contribution in [1.29, 1.82) is 0 Å². The van der Waals surface area contributed by atoms with Gasteiger partial charge in [-0.05, 0) is 13.3 Å². The third-order valence-electron chi connectivity index (χ3n) is 3.10. The van der Waals surface area contributed by atoms with E-state index >= 15 is 0 Å². The quantitative estimate of drug-likeness (QED) is 0.871. The minimum Gasteiger partial charge on any atom is -0.339 e. The summed E-state index contributed by atoms with van der Waals surface area (Å²) in [6.07, 6.45) is 2.09. The average molecular weight is 256 g/mol. The lowest BCUT2D eigenvalue weighted by Gasteiger charge is -2.30. The summed E-state index contributed by atoms with van der Waals surface area (Å²) in [5.74, 6) is 2.91. The van der Waals surface area contributed by atoms with Gasteiger partial charge in [-0.2, -0.15) is 16.7 Å². The molecule has 96 valence electrons. The van der Waals surface area contributed by atoms with Gasteiger partial charge < -0.3 is 9.84 Å². The summed E-state index contributed by atoms with van der Waals surface area (Å²) in [4.78, 5) is 6.80. The average Bonchev–Trinajstić information content (AvgIpc) is 2.79. The molecule has 1 N–H and O–H groups in total. The maximum absolute atomic E-state index is 5.35. The Kier molecular flexibility index (Phi) is 4.42. The molecule has 0 bridgehead atoms. The van der Waals surface area contributed by atoms with Gasteiger partial charge >= 0.3 is 0 Å². The number of nitrogens with one attached hydrogen (secondary N) is 1. The number of hydrogen-bond acceptors (Lipinski definition) is 6. The van der Waals surface area contributed by atoms with E-state index in [4.69, 9.17) is 4.52 Å². The predicted octanol–water partition coefficient (Wildman–Crippen LogP) is 1.11. The third-order valence-corrected chi connectivity index (χ3v) is 3.94. The minimum absolute atomic E-state index is 0.239. The molecular weight excluding hydrogens is 236 g/mol. The zero-order valence-electron chi connectivity index (χ0n) is 10.6. The first kappa shape index (κ1) is 12.9. The van der Waals surface area contributed by atoms with Crippen molar-refractivity contribution in [1.82, 2.24) is 20.4 Å².